The minimum atomic E-state index is -0.177. The Balaban J connectivity index is 1.97. The average molecular weight is 296 g/mol. The van der Waals surface area contributed by atoms with Crippen LogP contribution in [0.25, 0.3) is 0 Å². The van der Waals surface area contributed by atoms with Crippen molar-refractivity contribution in [2.24, 2.45) is 0 Å². The molecule has 19 heavy (non-hydrogen) atoms. The Morgan fingerprint density at radius 2 is 2.21 bits per heavy atom. The zero-order chi connectivity index (χ0) is 13.9. The summed E-state index contributed by atoms with van der Waals surface area (Å²) >= 11 is 2.94. The zero-order valence-corrected chi connectivity index (χ0v) is 12.7. The molecule has 0 aliphatic heterocycles. The van der Waals surface area contributed by atoms with Crippen LogP contribution in [0.3, 0.4) is 0 Å². The number of hydrogen-bond acceptors (Lipinski definition) is 6. The first-order chi connectivity index (χ1) is 9.03. The van der Waals surface area contributed by atoms with E-state index in [1.807, 2.05) is 11.4 Å². The largest absolute Gasteiger partial charge is 0.363 e. The van der Waals surface area contributed by atoms with Gasteiger partial charge in [-0.2, -0.15) is 0 Å². The van der Waals surface area contributed by atoms with Gasteiger partial charge < -0.3 is 10.6 Å². The van der Waals surface area contributed by atoms with Crippen molar-refractivity contribution < 1.29 is 4.79 Å². The summed E-state index contributed by atoms with van der Waals surface area (Å²) in [6.45, 7) is 4.79. The van der Waals surface area contributed by atoms with Crippen LogP contribution in [0.15, 0.2) is 17.5 Å². The molecule has 0 aliphatic carbocycles. The highest BCUT2D eigenvalue weighted by molar-refractivity contribution is 7.17. The number of nitrogens with zero attached hydrogens (tertiary/aromatic N) is 2. The molecule has 0 spiro atoms. The van der Waals surface area contributed by atoms with E-state index in [-0.39, 0.29) is 11.3 Å². The molecule has 7 heteroatoms. The highest BCUT2D eigenvalue weighted by atomic mass is 32.1. The van der Waals surface area contributed by atoms with Crippen LogP contribution in [0, 0.1) is 0 Å². The van der Waals surface area contributed by atoms with Crippen molar-refractivity contribution in [1.29, 1.82) is 0 Å². The Morgan fingerprint density at radius 1 is 1.42 bits per heavy atom. The Bertz CT molecular complexity index is 548. The van der Waals surface area contributed by atoms with Crippen molar-refractivity contribution in [3.63, 3.8) is 0 Å². The molecule has 0 fully saturated rings. The van der Waals surface area contributed by atoms with Gasteiger partial charge in [-0.05, 0) is 11.4 Å². The molecule has 0 saturated carbocycles. The van der Waals surface area contributed by atoms with Crippen molar-refractivity contribution in [3.8, 4) is 0 Å². The number of aromatic nitrogens is 2. The van der Waals surface area contributed by atoms with Gasteiger partial charge in [0.25, 0.3) is 5.91 Å². The normalized spacial score (nSPS) is 11.3. The van der Waals surface area contributed by atoms with E-state index in [0.717, 1.165) is 0 Å². The van der Waals surface area contributed by atoms with E-state index in [1.54, 1.807) is 18.4 Å². The minimum absolute atomic E-state index is 0.0830. The van der Waals surface area contributed by atoms with Crippen LogP contribution in [-0.2, 0) is 5.41 Å². The highest BCUT2D eigenvalue weighted by Gasteiger charge is 2.23. The minimum Gasteiger partial charge on any atom is -0.363 e. The second-order valence-electron chi connectivity index (χ2n) is 4.71. The number of rotatable bonds is 5. The van der Waals surface area contributed by atoms with Gasteiger partial charge in [0.15, 0.2) is 0 Å². The summed E-state index contributed by atoms with van der Waals surface area (Å²) in [6.07, 6.45) is 0. The lowest BCUT2D eigenvalue weighted by Crippen LogP contribution is -2.36. The van der Waals surface area contributed by atoms with Crippen molar-refractivity contribution in [3.05, 3.63) is 27.4 Å². The molecular weight excluding hydrogens is 280 g/mol. The predicted molar refractivity (Wildman–Crippen MR) is 79.1 cm³/mol. The van der Waals surface area contributed by atoms with Gasteiger partial charge in [0.2, 0.25) is 10.1 Å². The number of amides is 1. The molecular formula is C12H16N4OS2. The predicted octanol–water partition coefficient (Wildman–Crippen LogP) is 2.35. The molecule has 0 radical (unpaired) electrons. The summed E-state index contributed by atoms with van der Waals surface area (Å²) in [5.74, 6) is -0.177. The van der Waals surface area contributed by atoms with Crippen LogP contribution < -0.4 is 10.6 Å². The van der Waals surface area contributed by atoms with Gasteiger partial charge in [0, 0.05) is 23.9 Å². The molecule has 1 amide bonds. The lowest BCUT2D eigenvalue weighted by Gasteiger charge is -2.23. The maximum Gasteiger partial charge on any atom is 0.282 e. The van der Waals surface area contributed by atoms with Crippen molar-refractivity contribution in [2.75, 3.05) is 18.9 Å². The third kappa shape index (κ3) is 3.30. The van der Waals surface area contributed by atoms with Crippen LogP contribution in [0.2, 0.25) is 0 Å². The molecule has 2 rings (SSSR count). The Kier molecular flexibility index (Phi) is 4.16. The van der Waals surface area contributed by atoms with Crippen LogP contribution in [0.5, 0.6) is 0 Å². The van der Waals surface area contributed by atoms with Crippen LogP contribution in [0.1, 0.15) is 28.5 Å². The fourth-order valence-corrected chi connectivity index (χ4v) is 3.01. The van der Waals surface area contributed by atoms with Gasteiger partial charge in [-0.3, -0.25) is 4.79 Å². The first kappa shape index (κ1) is 14.0. The van der Waals surface area contributed by atoms with E-state index < -0.39 is 0 Å². The van der Waals surface area contributed by atoms with E-state index in [4.69, 9.17) is 0 Å². The fourth-order valence-electron chi connectivity index (χ4n) is 1.54. The molecule has 102 valence electrons. The second kappa shape index (κ2) is 5.66. The number of carbonyl (C=O) groups excluding carboxylic acids is 1. The van der Waals surface area contributed by atoms with Crippen LogP contribution in [0.4, 0.5) is 5.13 Å². The Labute approximate surface area is 120 Å². The maximum atomic E-state index is 12.0. The fraction of sp³-hybridized carbons (Fsp3) is 0.417. The summed E-state index contributed by atoms with van der Waals surface area (Å²) in [5.41, 5.74) is -0.0830. The monoisotopic (exact) mass is 296 g/mol. The van der Waals surface area contributed by atoms with Crippen molar-refractivity contribution in [1.82, 2.24) is 15.5 Å². The summed E-state index contributed by atoms with van der Waals surface area (Å²) < 4.78 is 0. The standard InChI is InChI=1S/C12H16N4OS2/c1-12(2,8-5-4-6-18-8)7-14-9(17)10-15-16-11(13-3)19-10/h4-6H,7H2,1-3H3,(H,13,16)(H,14,17). The summed E-state index contributed by atoms with van der Waals surface area (Å²) in [7, 11) is 1.75. The van der Waals surface area contributed by atoms with E-state index in [9.17, 15) is 4.79 Å². The average Bonchev–Trinajstić information content (AvgIpc) is 3.06. The SMILES string of the molecule is CNc1nnc(C(=O)NCC(C)(C)c2cccs2)s1. The topological polar surface area (TPSA) is 66.9 Å². The van der Waals surface area contributed by atoms with Gasteiger partial charge in [-0.1, -0.05) is 31.3 Å². The van der Waals surface area contributed by atoms with Crippen LogP contribution in [-0.4, -0.2) is 29.7 Å². The lowest BCUT2D eigenvalue weighted by atomic mass is 9.91. The summed E-state index contributed by atoms with van der Waals surface area (Å²) in [5, 5.41) is 16.5. The third-order valence-corrected chi connectivity index (χ3v) is 4.89. The van der Waals surface area contributed by atoms with E-state index in [2.05, 4.69) is 40.7 Å². The van der Waals surface area contributed by atoms with E-state index in [0.29, 0.717) is 16.7 Å². The second-order valence-corrected chi connectivity index (χ2v) is 6.63. The molecule has 0 saturated heterocycles. The molecule has 0 aliphatic rings. The molecule has 2 heterocycles. The molecule has 5 nitrogen and oxygen atoms in total. The first-order valence-corrected chi connectivity index (χ1v) is 7.56. The number of anilines is 1. The van der Waals surface area contributed by atoms with Gasteiger partial charge in [-0.25, -0.2) is 0 Å². The molecule has 2 aromatic heterocycles. The van der Waals surface area contributed by atoms with Gasteiger partial charge in [0.1, 0.15) is 0 Å². The number of hydrogen-bond donors (Lipinski definition) is 2. The van der Waals surface area contributed by atoms with Crippen molar-refractivity contribution >= 4 is 33.7 Å². The number of carbonyl (C=O) groups is 1. The van der Waals surface area contributed by atoms with Crippen LogP contribution >= 0.6 is 22.7 Å². The zero-order valence-electron chi connectivity index (χ0n) is 11.1. The molecule has 0 bridgehead atoms. The van der Waals surface area contributed by atoms with Gasteiger partial charge in [-0.15, -0.1) is 21.5 Å². The summed E-state index contributed by atoms with van der Waals surface area (Å²) in [4.78, 5) is 13.2. The lowest BCUT2D eigenvalue weighted by molar-refractivity contribution is 0.0945. The number of thiophene rings is 1. The Hall–Kier alpha value is -1.47. The highest BCUT2D eigenvalue weighted by Crippen LogP contribution is 2.26. The maximum absolute atomic E-state index is 12.0. The Morgan fingerprint density at radius 3 is 2.79 bits per heavy atom. The quantitative estimate of drug-likeness (QED) is 0.889. The molecule has 0 aromatic carbocycles. The van der Waals surface area contributed by atoms with E-state index in [1.165, 1.54) is 16.2 Å². The van der Waals surface area contributed by atoms with Gasteiger partial charge >= 0.3 is 0 Å². The van der Waals surface area contributed by atoms with Crippen molar-refractivity contribution in [2.45, 2.75) is 19.3 Å². The molecule has 2 N–H and O–H groups in total. The molecule has 0 unspecified atom stereocenters. The summed E-state index contributed by atoms with van der Waals surface area (Å²) in [6, 6.07) is 4.11. The van der Waals surface area contributed by atoms with Gasteiger partial charge in [0.05, 0.1) is 0 Å². The third-order valence-electron chi connectivity index (χ3n) is 2.71. The number of nitrogens with one attached hydrogen (secondary N) is 2. The first-order valence-electron chi connectivity index (χ1n) is 5.86. The smallest absolute Gasteiger partial charge is 0.282 e. The molecule has 0 atom stereocenters. The molecule has 2 aromatic rings. The van der Waals surface area contributed by atoms with E-state index >= 15 is 0 Å².